The van der Waals surface area contributed by atoms with Crippen LogP contribution in [-0.4, -0.2) is 55.8 Å². The SMILES string of the molecule is COc1ccc(SCC(=O)N(CCN(C)C)c2nc3ccccc3s2)cc1.Cl. The van der Waals surface area contributed by atoms with E-state index in [9.17, 15) is 4.79 Å². The van der Waals surface area contributed by atoms with E-state index in [0.717, 1.165) is 32.5 Å². The zero-order chi connectivity index (χ0) is 19.2. The lowest BCUT2D eigenvalue weighted by Crippen LogP contribution is -2.37. The molecule has 0 fully saturated rings. The summed E-state index contributed by atoms with van der Waals surface area (Å²) in [5.74, 6) is 1.25. The van der Waals surface area contributed by atoms with Crippen molar-refractivity contribution >= 4 is 56.8 Å². The lowest BCUT2D eigenvalue weighted by atomic mass is 10.3. The second-order valence-electron chi connectivity index (χ2n) is 6.28. The monoisotopic (exact) mass is 437 g/mol. The minimum atomic E-state index is 0. The number of likely N-dealkylation sites (N-methyl/N-ethyl adjacent to an activating group) is 1. The summed E-state index contributed by atoms with van der Waals surface area (Å²) in [6.07, 6.45) is 0. The summed E-state index contributed by atoms with van der Waals surface area (Å²) in [6.45, 7) is 1.41. The third kappa shape index (κ3) is 5.85. The van der Waals surface area contributed by atoms with E-state index in [1.807, 2.05) is 62.6 Å². The molecule has 28 heavy (non-hydrogen) atoms. The first-order valence-electron chi connectivity index (χ1n) is 8.64. The topological polar surface area (TPSA) is 45.7 Å². The summed E-state index contributed by atoms with van der Waals surface area (Å²) in [5, 5.41) is 0.762. The smallest absolute Gasteiger partial charge is 0.239 e. The molecule has 0 aliphatic heterocycles. The molecule has 2 aromatic carbocycles. The van der Waals surface area contributed by atoms with Gasteiger partial charge in [0.1, 0.15) is 5.75 Å². The number of hydrogen-bond donors (Lipinski definition) is 0. The van der Waals surface area contributed by atoms with Gasteiger partial charge in [-0.25, -0.2) is 4.98 Å². The summed E-state index contributed by atoms with van der Waals surface area (Å²) >= 11 is 3.09. The Morgan fingerprint density at radius 2 is 1.82 bits per heavy atom. The molecule has 0 atom stereocenters. The van der Waals surface area contributed by atoms with Crippen LogP contribution in [0.2, 0.25) is 0 Å². The van der Waals surface area contributed by atoms with Crippen molar-refractivity contribution in [2.75, 3.05) is 44.9 Å². The maximum Gasteiger partial charge on any atom is 0.239 e. The number of aromatic nitrogens is 1. The van der Waals surface area contributed by atoms with Crippen LogP contribution in [0, 0.1) is 0 Å². The molecule has 3 aromatic rings. The van der Waals surface area contributed by atoms with Gasteiger partial charge in [0.05, 0.1) is 23.1 Å². The van der Waals surface area contributed by atoms with Gasteiger partial charge in [-0.05, 0) is 50.5 Å². The van der Waals surface area contributed by atoms with Crippen molar-refractivity contribution in [3.8, 4) is 5.75 Å². The number of benzene rings is 2. The molecule has 3 rings (SSSR count). The second-order valence-corrected chi connectivity index (χ2v) is 8.33. The first kappa shape index (κ1) is 22.5. The van der Waals surface area contributed by atoms with Gasteiger partial charge in [-0.2, -0.15) is 0 Å². The number of thiazole rings is 1. The van der Waals surface area contributed by atoms with Gasteiger partial charge in [0.15, 0.2) is 5.13 Å². The zero-order valence-electron chi connectivity index (χ0n) is 16.1. The third-order valence-corrected chi connectivity index (χ3v) is 6.06. The van der Waals surface area contributed by atoms with Gasteiger partial charge < -0.3 is 9.64 Å². The van der Waals surface area contributed by atoms with Crippen molar-refractivity contribution in [1.82, 2.24) is 9.88 Å². The number of methoxy groups -OCH3 is 1. The fraction of sp³-hybridized carbons (Fsp3) is 0.300. The maximum absolute atomic E-state index is 13.0. The van der Waals surface area contributed by atoms with Gasteiger partial charge in [-0.1, -0.05) is 23.5 Å². The first-order chi connectivity index (χ1) is 13.1. The van der Waals surface area contributed by atoms with Crippen LogP contribution in [0.3, 0.4) is 0 Å². The van der Waals surface area contributed by atoms with Crippen molar-refractivity contribution < 1.29 is 9.53 Å². The molecule has 1 aromatic heterocycles. The number of amides is 1. The first-order valence-corrected chi connectivity index (χ1v) is 10.4. The number of thioether (sulfide) groups is 1. The highest BCUT2D eigenvalue weighted by Crippen LogP contribution is 2.29. The number of carbonyl (C=O) groups excluding carboxylic acids is 1. The number of hydrogen-bond acceptors (Lipinski definition) is 6. The zero-order valence-corrected chi connectivity index (χ0v) is 18.6. The second kappa shape index (κ2) is 10.7. The number of anilines is 1. The highest BCUT2D eigenvalue weighted by atomic mass is 35.5. The highest BCUT2D eigenvalue weighted by molar-refractivity contribution is 8.00. The van der Waals surface area contributed by atoms with Crippen LogP contribution in [0.15, 0.2) is 53.4 Å². The average molecular weight is 438 g/mol. The molecule has 0 saturated heterocycles. The quantitative estimate of drug-likeness (QED) is 0.488. The van der Waals surface area contributed by atoms with Gasteiger partial charge in [-0.15, -0.1) is 24.2 Å². The summed E-state index contributed by atoms with van der Waals surface area (Å²) in [5.41, 5.74) is 0.933. The minimum absolute atomic E-state index is 0. The lowest BCUT2D eigenvalue weighted by molar-refractivity contribution is -0.116. The number of rotatable bonds is 8. The number of fused-ring (bicyclic) bond motifs is 1. The number of halogens is 1. The number of para-hydroxylation sites is 1. The molecule has 0 aliphatic rings. The predicted molar refractivity (Wildman–Crippen MR) is 121 cm³/mol. The third-order valence-electron chi connectivity index (χ3n) is 4.01. The predicted octanol–water partition coefficient (Wildman–Crippen LogP) is 4.41. The van der Waals surface area contributed by atoms with Gasteiger partial charge in [0.25, 0.3) is 0 Å². The summed E-state index contributed by atoms with van der Waals surface area (Å²) in [4.78, 5) is 22.6. The van der Waals surface area contributed by atoms with Gasteiger partial charge in [0.2, 0.25) is 5.91 Å². The van der Waals surface area contributed by atoms with Crippen LogP contribution < -0.4 is 9.64 Å². The van der Waals surface area contributed by atoms with Crippen LogP contribution >= 0.6 is 35.5 Å². The normalized spacial score (nSPS) is 10.7. The van der Waals surface area contributed by atoms with Crippen LogP contribution in [0.25, 0.3) is 10.2 Å². The maximum atomic E-state index is 13.0. The highest BCUT2D eigenvalue weighted by Gasteiger charge is 2.20. The molecule has 0 spiro atoms. The van der Waals surface area contributed by atoms with E-state index in [2.05, 4.69) is 9.88 Å². The molecule has 8 heteroatoms. The van der Waals surface area contributed by atoms with E-state index in [1.54, 1.807) is 23.3 Å². The van der Waals surface area contributed by atoms with Crippen molar-refractivity contribution in [3.63, 3.8) is 0 Å². The molecule has 0 radical (unpaired) electrons. The Balaban J connectivity index is 0.00000280. The Morgan fingerprint density at radius 1 is 1.11 bits per heavy atom. The Bertz CT molecular complexity index is 867. The number of nitrogens with zero attached hydrogens (tertiary/aromatic N) is 3. The largest absolute Gasteiger partial charge is 0.497 e. The van der Waals surface area contributed by atoms with Crippen molar-refractivity contribution in [2.45, 2.75) is 4.90 Å². The molecule has 5 nitrogen and oxygen atoms in total. The van der Waals surface area contributed by atoms with E-state index in [0.29, 0.717) is 12.3 Å². The Morgan fingerprint density at radius 3 is 2.46 bits per heavy atom. The molecule has 150 valence electrons. The van der Waals surface area contributed by atoms with Crippen LogP contribution in [-0.2, 0) is 4.79 Å². The average Bonchev–Trinajstić information content (AvgIpc) is 3.10. The standard InChI is InChI=1S/C20H23N3O2S2.ClH/c1-22(2)12-13-23(20-21-17-6-4-5-7-18(17)27-20)19(24)14-26-16-10-8-15(25-3)9-11-16;/h4-11H,12-14H2,1-3H3;1H. The minimum Gasteiger partial charge on any atom is -0.497 e. The van der Waals surface area contributed by atoms with Gasteiger partial charge in [-0.3, -0.25) is 9.69 Å². The number of carbonyl (C=O) groups is 1. The fourth-order valence-corrected chi connectivity index (χ4v) is 4.28. The molecular weight excluding hydrogens is 414 g/mol. The summed E-state index contributed by atoms with van der Waals surface area (Å²) in [6, 6.07) is 15.7. The molecule has 0 bridgehead atoms. The van der Waals surface area contributed by atoms with Gasteiger partial charge in [0, 0.05) is 18.0 Å². The summed E-state index contributed by atoms with van der Waals surface area (Å²) in [7, 11) is 5.66. The fourth-order valence-electron chi connectivity index (χ4n) is 2.50. The Kier molecular flexibility index (Phi) is 8.57. The molecule has 0 aliphatic carbocycles. The van der Waals surface area contributed by atoms with E-state index in [4.69, 9.17) is 4.74 Å². The van der Waals surface area contributed by atoms with Crippen LogP contribution in [0.5, 0.6) is 5.75 Å². The Hall–Kier alpha value is -1.80. The molecule has 0 saturated carbocycles. The lowest BCUT2D eigenvalue weighted by Gasteiger charge is -2.21. The summed E-state index contributed by atoms with van der Waals surface area (Å²) < 4.78 is 6.27. The van der Waals surface area contributed by atoms with E-state index in [-0.39, 0.29) is 18.3 Å². The number of ether oxygens (including phenoxy) is 1. The van der Waals surface area contributed by atoms with Crippen LogP contribution in [0.1, 0.15) is 0 Å². The van der Waals surface area contributed by atoms with Crippen LogP contribution in [0.4, 0.5) is 5.13 Å². The molecule has 0 N–H and O–H groups in total. The van der Waals surface area contributed by atoms with Gasteiger partial charge >= 0.3 is 0 Å². The molecular formula is C20H24ClN3O2S2. The van der Waals surface area contributed by atoms with E-state index in [1.165, 1.54) is 11.8 Å². The van der Waals surface area contributed by atoms with Crippen molar-refractivity contribution in [1.29, 1.82) is 0 Å². The van der Waals surface area contributed by atoms with E-state index >= 15 is 0 Å². The molecule has 1 amide bonds. The van der Waals surface area contributed by atoms with Crippen molar-refractivity contribution in [2.24, 2.45) is 0 Å². The molecule has 0 unspecified atom stereocenters. The van der Waals surface area contributed by atoms with E-state index < -0.39 is 0 Å². The van der Waals surface area contributed by atoms with Crippen molar-refractivity contribution in [3.05, 3.63) is 48.5 Å². The Labute approximate surface area is 180 Å². The molecule has 1 heterocycles.